The minimum Gasteiger partial charge on any atom is -0.376 e. The van der Waals surface area contributed by atoms with E-state index in [-0.39, 0.29) is 27.5 Å². The summed E-state index contributed by atoms with van der Waals surface area (Å²) in [4.78, 5) is 12.2. The first kappa shape index (κ1) is 18.7. The van der Waals surface area contributed by atoms with E-state index < -0.39 is 10.0 Å². The van der Waals surface area contributed by atoms with Crippen LogP contribution in [0.25, 0.3) is 0 Å². The molecule has 1 aliphatic heterocycles. The number of hydrogen-bond donors (Lipinski definition) is 2. The fraction of sp³-hybridized carbons (Fsp3) is 0.278. The molecule has 3 rings (SSSR count). The van der Waals surface area contributed by atoms with Gasteiger partial charge in [0, 0.05) is 24.4 Å². The van der Waals surface area contributed by atoms with Crippen molar-refractivity contribution >= 4 is 33.2 Å². The zero-order valence-electron chi connectivity index (χ0n) is 13.9. The Balaban J connectivity index is 1.77. The summed E-state index contributed by atoms with van der Waals surface area (Å²) in [5.41, 5.74) is 0.637. The molecule has 1 fully saturated rings. The van der Waals surface area contributed by atoms with Gasteiger partial charge in [0.05, 0.1) is 11.1 Å². The number of rotatable bonds is 6. The Morgan fingerprint density at radius 3 is 2.65 bits per heavy atom. The molecule has 1 aliphatic rings. The molecule has 1 heterocycles. The van der Waals surface area contributed by atoms with E-state index in [0.29, 0.717) is 18.8 Å². The molecule has 0 bridgehead atoms. The van der Waals surface area contributed by atoms with Crippen molar-refractivity contribution in [2.24, 2.45) is 0 Å². The molecule has 138 valence electrons. The average molecular weight is 395 g/mol. The first-order chi connectivity index (χ1) is 12.5. The van der Waals surface area contributed by atoms with Crippen LogP contribution in [0.15, 0.2) is 53.4 Å². The highest BCUT2D eigenvalue weighted by molar-refractivity contribution is 7.92. The third-order valence-electron chi connectivity index (χ3n) is 4.02. The molecule has 1 amide bonds. The fourth-order valence-corrected chi connectivity index (χ4v) is 4.27. The van der Waals surface area contributed by atoms with Crippen LogP contribution in [0.4, 0.5) is 5.69 Å². The molecule has 0 saturated carbocycles. The highest BCUT2D eigenvalue weighted by atomic mass is 35.5. The van der Waals surface area contributed by atoms with E-state index in [9.17, 15) is 13.2 Å². The molecule has 0 unspecified atom stereocenters. The molecule has 2 N–H and O–H groups in total. The lowest BCUT2D eigenvalue weighted by Gasteiger charge is -2.13. The van der Waals surface area contributed by atoms with Crippen LogP contribution in [0, 0.1) is 0 Å². The number of para-hydroxylation sites is 1. The molecular weight excluding hydrogens is 376 g/mol. The van der Waals surface area contributed by atoms with Gasteiger partial charge in [-0.25, -0.2) is 8.42 Å². The monoisotopic (exact) mass is 394 g/mol. The van der Waals surface area contributed by atoms with Crippen LogP contribution in [-0.4, -0.2) is 33.6 Å². The number of halogens is 1. The van der Waals surface area contributed by atoms with Gasteiger partial charge in [-0.2, -0.15) is 0 Å². The van der Waals surface area contributed by atoms with Crippen molar-refractivity contribution in [2.45, 2.75) is 23.8 Å². The van der Waals surface area contributed by atoms with E-state index in [0.717, 1.165) is 12.8 Å². The zero-order valence-corrected chi connectivity index (χ0v) is 15.5. The van der Waals surface area contributed by atoms with Gasteiger partial charge in [0.25, 0.3) is 15.9 Å². The van der Waals surface area contributed by atoms with Crippen LogP contribution >= 0.6 is 11.6 Å². The third-order valence-corrected chi connectivity index (χ3v) is 5.89. The highest BCUT2D eigenvalue weighted by Crippen LogP contribution is 2.25. The van der Waals surface area contributed by atoms with E-state index >= 15 is 0 Å². The summed E-state index contributed by atoms with van der Waals surface area (Å²) in [7, 11) is -3.92. The molecule has 1 atom stereocenters. The second-order valence-corrected chi connectivity index (χ2v) is 8.02. The molecule has 0 aliphatic carbocycles. The number of carbonyl (C=O) groups excluding carboxylic acids is 1. The van der Waals surface area contributed by atoms with Crippen LogP contribution in [0.1, 0.15) is 23.2 Å². The van der Waals surface area contributed by atoms with Crippen molar-refractivity contribution in [3.05, 3.63) is 59.1 Å². The number of hydrogen-bond acceptors (Lipinski definition) is 4. The van der Waals surface area contributed by atoms with Gasteiger partial charge in [0.2, 0.25) is 0 Å². The minimum atomic E-state index is -3.92. The van der Waals surface area contributed by atoms with Gasteiger partial charge in [-0.3, -0.25) is 9.52 Å². The number of sulfonamides is 1. The fourth-order valence-electron chi connectivity index (χ4n) is 2.68. The van der Waals surface area contributed by atoms with Gasteiger partial charge in [-0.05, 0) is 43.2 Å². The van der Waals surface area contributed by atoms with E-state index in [4.69, 9.17) is 16.3 Å². The van der Waals surface area contributed by atoms with Crippen molar-refractivity contribution in [1.29, 1.82) is 0 Å². The lowest BCUT2D eigenvalue weighted by Crippen LogP contribution is -2.31. The van der Waals surface area contributed by atoms with Gasteiger partial charge in [-0.15, -0.1) is 0 Å². The maximum absolute atomic E-state index is 12.6. The second kappa shape index (κ2) is 8.07. The number of nitrogens with one attached hydrogen (secondary N) is 2. The van der Waals surface area contributed by atoms with Gasteiger partial charge in [0.15, 0.2) is 0 Å². The van der Waals surface area contributed by atoms with Gasteiger partial charge >= 0.3 is 0 Å². The number of ether oxygens (including phenoxy) is 1. The first-order valence-corrected chi connectivity index (χ1v) is 10.1. The summed E-state index contributed by atoms with van der Waals surface area (Å²) < 4.78 is 33.1. The Bertz CT molecular complexity index is 881. The number of amides is 1. The zero-order chi connectivity index (χ0) is 18.6. The summed E-state index contributed by atoms with van der Waals surface area (Å²) in [5, 5.41) is 2.81. The molecule has 2 aromatic carbocycles. The van der Waals surface area contributed by atoms with E-state index in [1.165, 1.54) is 18.2 Å². The Labute approximate surface area is 157 Å². The molecule has 8 heteroatoms. The highest BCUT2D eigenvalue weighted by Gasteiger charge is 2.21. The predicted molar refractivity (Wildman–Crippen MR) is 100 cm³/mol. The standard InChI is InChI=1S/C18H19ClN2O4S/c19-16-9-8-13(18(22)20-12-15-7-4-10-25-15)11-17(16)26(23,24)21-14-5-2-1-3-6-14/h1-3,5-6,8-9,11,15,21H,4,7,10,12H2,(H,20,22)/t15-/m1/s1. The van der Waals surface area contributed by atoms with E-state index in [1.54, 1.807) is 30.3 Å². The van der Waals surface area contributed by atoms with Crippen molar-refractivity contribution in [2.75, 3.05) is 17.9 Å². The van der Waals surface area contributed by atoms with Crippen LogP contribution in [0.3, 0.4) is 0 Å². The quantitative estimate of drug-likeness (QED) is 0.788. The first-order valence-electron chi connectivity index (χ1n) is 8.23. The lowest BCUT2D eigenvalue weighted by molar-refractivity contribution is 0.0857. The number of benzene rings is 2. The number of carbonyl (C=O) groups is 1. The Kier molecular flexibility index (Phi) is 5.80. The van der Waals surface area contributed by atoms with Crippen LogP contribution in [-0.2, 0) is 14.8 Å². The Hall–Kier alpha value is -2.09. The minimum absolute atomic E-state index is 0.00852. The maximum Gasteiger partial charge on any atom is 0.263 e. The second-order valence-electron chi connectivity index (χ2n) is 5.96. The Morgan fingerprint density at radius 2 is 1.96 bits per heavy atom. The summed E-state index contributed by atoms with van der Waals surface area (Å²) in [5.74, 6) is -0.367. The van der Waals surface area contributed by atoms with Crippen LogP contribution in [0.5, 0.6) is 0 Å². The van der Waals surface area contributed by atoms with Crippen LogP contribution in [0.2, 0.25) is 5.02 Å². The van der Waals surface area contributed by atoms with Crippen molar-refractivity contribution in [3.63, 3.8) is 0 Å². The van der Waals surface area contributed by atoms with Gasteiger partial charge in [0.1, 0.15) is 4.90 Å². The molecule has 0 aromatic heterocycles. The van der Waals surface area contributed by atoms with Crippen molar-refractivity contribution in [1.82, 2.24) is 5.32 Å². The smallest absolute Gasteiger partial charge is 0.263 e. The molecule has 1 saturated heterocycles. The number of anilines is 1. The summed E-state index contributed by atoms with van der Waals surface area (Å²) in [6.45, 7) is 1.10. The average Bonchev–Trinajstić information content (AvgIpc) is 3.14. The molecule has 0 spiro atoms. The van der Waals surface area contributed by atoms with Crippen molar-refractivity contribution < 1.29 is 17.9 Å². The molecule has 2 aromatic rings. The summed E-state index contributed by atoms with van der Waals surface area (Å²) >= 11 is 6.06. The molecule has 0 radical (unpaired) electrons. The Morgan fingerprint density at radius 1 is 1.19 bits per heavy atom. The van der Waals surface area contributed by atoms with Gasteiger partial charge < -0.3 is 10.1 Å². The lowest BCUT2D eigenvalue weighted by atomic mass is 10.2. The SMILES string of the molecule is O=C(NC[C@H]1CCCO1)c1ccc(Cl)c(S(=O)(=O)Nc2ccccc2)c1. The summed E-state index contributed by atoms with van der Waals surface area (Å²) in [6.07, 6.45) is 1.89. The largest absolute Gasteiger partial charge is 0.376 e. The van der Waals surface area contributed by atoms with E-state index in [2.05, 4.69) is 10.0 Å². The molecular formula is C18H19ClN2O4S. The van der Waals surface area contributed by atoms with Crippen molar-refractivity contribution in [3.8, 4) is 0 Å². The predicted octanol–water partition coefficient (Wildman–Crippen LogP) is 3.05. The van der Waals surface area contributed by atoms with E-state index in [1.807, 2.05) is 0 Å². The summed E-state index contributed by atoms with van der Waals surface area (Å²) in [6, 6.07) is 12.6. The maximum atomic E-state index is 12.6. The molecule has 26 heavy (non-hydrogen) atoms. The normalized spacial score (nSPS) is 17.0. The molecule has 6 nitrogen and oxygen atoms in total. The van der Waals surface area contributed by atoms with Crippen LogP contribution < -0.4 is 10.0 Å². The third kappa shape index (κ3) is 4.55. The van der Waals surface area contributed by atoms with Gasteiger partial charge in [-0.1, -0.05) is 29.8 Å². The topological polar surface area (TPSA) is 84.5 Å².